The minimum absolute atomic E-state index is 0.807. The van der Waals surface area contributed by atoms with Crippen LogP contribution in [0.3, 0.4) is 0 Å². The summed E-state index contributed by atoms with van der Waals surface area (Å²) < 4.78 is 6.56. The number of benzene rings is 1. The van der Waals surface area contributed by atoms with E-state index in [1.165, 1.54) is 74.0 Å². The Balaban J connectivity index is 1.71. The van der Waals surface area contributed by atoms with Crippen molar-refractivity contribution in [3.8, 4) is 20.9 Å². The SMILES string of the molecule is CCCCC(CC)Cc1ccc(-c2c3c[c]([Sn]([CH3])([CH3])[CH3])sc3c(-c3ccc(CC(CC)CCCC)s3)c3s[c]([Sn]([CH3])([CH3])[CH3])cc23)s1. The Labute approximate surface area is 305 Å². The van der Waals surface area contributed by atoms with E-state index in [1.54, 1.807) is 46.8 Å². The van der Waals surface area contributed by atoms with Gasteiger partial charge in [-0.05, 0) is 0 Å². The zero-order chi connectivity index (χ0) is 33.2. The summed E-state index contributed by atoms with van der Waals surface area (Å²) in [5.41, 5.74) is 3.11. The summed E-state index contributed by atoms with van der Waals surface area (Å²) in [6, 6.07) is 15.3. The average Bonchev–Trinajstić information content (AvgIpc) is 3.81. The van der Waals surface area contributed by atoms with Crippen LogP contribution >= 0.6 is 45.3 Å². The first-order valence-electron chi connectivity index (χ1n) is 18.1. The van der Waals surface area contributed by atoms with Gasteiger partial charge < -0.3 is 0 Å². The van der Waals surface area contributed by atoms with Gasteiger partial charge in [0, 0.05) is 0 Å². The van der Waals surface area contributed by atoms with Crippen molar-refractivity contribution in [3.63, 3.8) is 0 Å². The van der Waals surface area contributed by atoms with Gasteiger partial charge in [-0.1, -0.05) is 13.8 Å². The van der Waals surface area contributed by atoms with Gasteiger partial charge in [0.15, 0.2) is 0 Å². The van der Waals surface area contributed by atoms with E-state index in [1.807, 2.05) is 0 Å². The van der Waals surface area contributed by atoms with Gasteiger partial charge in [0.2, 0.25) is 0 Å². The second kappa shape index (κ2) is 16.0. The molecule has 0 aliphatic heterocycles. The number of thiophene rings is 4. The Hall–Kier alpha value is 0.137. The fraction of sp³-hybridized carbons (Fsp3) is 0.550. The Kier molecular flexibility index (Phi) is 13.0. The van der Waals surface area contributed by atoms with Crippen LogP contribution in [0.15, 0.2) is 36.4 Å². The molecule has 0 aliphatic carbocycles. The Morgan fingerprint density at radius 3 is 1.33 bits per heavy atom. The van der Waals surface area contributed by atoms with Gasteiger partial charge in [-0.25, -0.2) is 0 Å². The molecule has 5 rings (SSSR count). The molecule has 4 aromatic heterocycles. The zero-order valence-corrected chi connectivity index (χ0v) is 39.3. The van der Waals surface area contributed by atoms with Gasteiger partial charge in [0.1, 0.15) is 0 Å². The maximum atomic E-state index is 2.67. The fourth-order valence-corrected chi connectivity index (χ4v) is 22.1. The van der Waals surface area contributed by atoms with Crippen molar-refractivity contribution in [2.45, 2.75) is 122 Å². The van der Waals surface area contributed by atoms with E-state index in [0.29, 0.717) is 0 Å². The van der Waals surface area contributed by atoms with Crippen LogP contribution in [0.5, 0.6) is 0 Å². The van der Waals surface area contributed by atoms with Crippen molar-refractivity contribution in [2.24, 2.45) is 11.8 Å². The van der Waals surface area contributed by atoms with Crippen LogP contribution in [0, 0.1) is 11.8 Å². The molecule has 5 aromatic rings. The third-order valence-electron chi connectivity index (χ3n) is 9.82. The van der Waals surface area contributed by atoms with Crippen molar-refractivity contribution < 1.29 is 0 Å². The summed E-state index contributed by atoms with van der Waals surface area (Å²) in [7, 11) is 0. The van der Waals surface area contributed by atoms with Crippen molar-refractivity contribution >= 4 is 108 Å². The first kappa shape index (κ1) is 37.4. The van der Waals surface area contributed by atoms with Crippen LogP contribution in [0.2, 0.25) is 29.6 Å². The van der Waals surface area contributed by atoms with Gasteiger partial charge >= 0.3 is 295 Å². The molecule has 0 bridgehead atoms. The van der Waals surface area contributed by atoms with E-state index in [4.69, 9.17) is 0 Å². The fourth-order valence-electron chi connectivity index (χ4n) is 6.70. The van der Waals surface area contributed by atoms with Crippen LogP contribution in [0.25, 0.3) is 41.1 Å². The van der Waals surface area contributed by atoms with Gasteiger partial charge in [0.05, 0.1) is 0 Å². The zero-order valence-electron chi connectivity index (χ0n) is 30.3. The summed E-state index contributed by atoms with van der Waals surface area (Å²) in [4.78, 5) is 21.8. The molecule has 2 unspecified atom stereocenters. The van der Waals surface area contributed by atoms with Crippen molar-refractivity contribution in [1.82, 2.24) is 0 Å². The third kappa shape index (κ3) is 8.53. The molecule has 4 heterocycles. The molecule has 0 aliphatic rings. The van der Waals surface area contributed by atoms with Crippen LogP contribution in [-0.4, -0.2) is 36.8 Å². The molecule has 46 heavy (non-hydrogen) atoms. The first-order chi connectivity index (χ1) is 21.9. The topological polar surface area (TPSA) is 0 Å². The molecule has 0 fully saturated rings. The quantitative estimate of drug-likeness (QED) is 0.0866. The monoisotopic (exact) mass is 906 g/mol. The summed E-state index contributed by atoms with van der Waals surface area (Å²) in [5.74, 6) is 1.62. The van der Waals surface area contributed by atoms with Crippen LogP contribution in [-0.2, 0) is 12.8 Å². The van der Waals surface area contributed by atoms with E-state index in [2.05, 4.69) is 139 Å². The predicted octanol–water partition coefficient (Wildman–Crippen LogP) is 14.2. The van der Waals surface area contributed by atoms with Crippen molar-refractivity contribution in [3.05, 3.63) is 46.2 Å². The number of hydrogen-bond donors (Lipinski definition) is 0. The number of rotatable bonds is 16. The van der Waals surface area contributed by atoms with E-state index in [-0.39, 0.29) is 0 Å². The van der Waals surface area contributed by atoms with E-state index >= 15 is 0 Å². The molecule has 0 amide bonds. The van der Waals surface area contributed by atoms with Crippen molar-refractivity contribution in [1.29, 1.82) is 0 Å². The molecule has 2 atom stereocenters. The minimum atomic E-state index is -2.32. The summed E-state index contributed by atoms with van der Waals surface area (Å²) in [6.45, 7) is 9.44. The molecule has 0 N–H and O–H groups in total. The van der Waals surface area contributed by atoms with E-state index < -0.39 is 36.8 Å². The maximum absolute atomic E-state index is 2.67. The molecule has 6 heteroatoms. The van der Waals surface area contributed by atoms with Gasteiger partial charge in [-0.2, -0.15) is 0 Å². The Bertz CT molecular complexity index is 1550. The number of hydrogen-bond acceptors (Lipinski definition) is 4. The van der Waals surface area contributed by atoms with Crippen LogP contribution in [0.1, 0.15) is 88.8 Å². The van der Waals surface area contributed by atoms with Crippen LogP contribution in [0.4, 0.5) is 0 Å². The van der Waals surface area contributed by atoms with Gasteiger partial charge in [-0.3, -0.25) is 0 Å². The average molecular weight is 905 g/mol. The van der Waals surface area contributed by atoms with E-state index in [0.717, 1.165) is 11.8 Å². The molecule has 0 saturated carbocycles. The second-order valence-corrected chi connectivity index (χ2v) is 51.0. The molecular weight excluding hydrogens is 846 g/mol. The van der Waals surface area contributed by atoms with Crippen molar-refractivity contribution in [2.75, 3.05) is 0 Å². The second-order valence-electron chi connectivity index (χ2n) is 15.7. The molecule has 0 nitrogen and oxygen atoms in total. The Morgan fingerprint density at radius 1 is 0.543 bits per heavy atom. The standard InChI is InChI=1S/C34H40S4.6CH3.2Sn/c1-5-9-11-23(7-3)21-25-13-15-29(37-25)31-27-17-19-35-33(27)32(34-28(31)18-20-36-34)30-16-14-26(38-30)22-24(8-4)12-10-6-2;;;;;;;;/h13-18,23-24H,5-12,21-22H2,1-4H3;6*1H3;;. The summed E-state index contributed by atoms with van der Waals surface area (Å²) in [5, 5.41) is 3.08. The van der Waals surface area contributed by atoms with Gasteiger partial charge in [-0.15, -0.1) is 0 Å². The molecule has 0 saturated heterocycles. The molecule has 0 radical (unpaired) electrons. The first-order valence-corrected chi connectivity index (χ1v) is 41.3. The molecule has 1 aromatic carbocycles. The van der Waals surface area contributed by atoms with Gasteiger partial charge in [0.25, 0.3) is 0 Å². The summed E-state index contributed by atoms with van der Waals surface area (Å²) in [6.07, 6.45) is 13.1. The summed E-state index contributed by atoms with van der Waals surface area (Å²) >= 11 is 3.88. The molecule has 250 valence electrons. The Morgan fingerprint density at radius 2 is 0.957 bits per heavy atom. The molecular formula is C40H58S4Sn2. The van der Waals surface area contributed by atoms with E-state index in [9.17, 15) is 0 Å². The predicted molar refractivity (Wildman–Crippen MR) is 224 cm³/mol. The third-order valence-corrected chi connectivity index (χ3v) is 33.2. The molecule has 0 spiro atoms. The van der Waals surface area contributed by atoms with Crippen LogP contribution < -0.4 is 5.79 Å². The normalized spacial score (nSPS) is 14.1. The number of fused-ring (bicyclic) bond motifs is 2. The number of unbranched alkanes of at least 4 members (excludes halogenated alkanes) is 2.